The second-order valence-corrected chi connectivity index (χ2v) is 6.95. The first-order valence-electron chi connectivity index (χ1n) is 8.61. The maximum atomic E-state index is 11.5. The Labute approximate surface area is 150 Å². The Kier molecular flexibility index (Phi) is 2.95. The van der Waals surface area contributed by atoms with E-state index in [1.165, 1.54) is 6.92 Å². The van der Waals surface area contributed by atoms with Crippen LogP contribution in [0.4, 0.5) is 5.69 Å². The summed E-state index contributed by atoms with van der Waals surface area (Å²) in [6.45, 7) is 1.49. The van der Waals surface area contributed by atoms with Crippen LogP contribution in [0.5, 0.6) is 11.5 Å². The summed E-state index contributed by atoms with van der Waals surface area (Å²) >= 11 is 0. The molecule has 0 heterocycles. The SMILES string of the molecule is CC(=O)Nc1ccc2c(c1)C1c3ccccc3C2c2c(O)ccc(O)c21. The van der Waals surface area contributed by atoms with Gasteiger partial charge in [-0.1, -0.05) is 30.3 Å². The Morgan fingerprint density at radius 1 is 0.808 bits per heavy atom. The lowest BCUT2D eigenvalue weighted by Gasteiger charge is -2.42. The summed E-state index contributed by atoms with van der Waals surface area (Å²) in [6.07, 6.45) is 0. The zero-order chi connectivity index (χ0) is 18.0. The summed E-state index contributed by atoms with van der Waals surface area (Å²) < 4.78 is 0. The standard InChI is InChI=1S/C22H17NO3/c1-11(24)23-12-6-7-15-16(10-12)20-14-5-3-2-4-13(14)19(15)21-17(25)8-9-18(26)22(20)21/h2-10,19-20,25-26H,1H3,(H,23,24). The van der Waals surface area contributed by atoms with Crippen LogP contribution in [0.1, 0.15) is 52.1 Å². The van der Waals surface area contributed by atoms with Crippen molar-refractivity contribution in [3.8, 4) is 11.5 Å². The number of hydrogen-bond donors (Lipinski definition) is 3. The molecule has 0 saturated carbocycles. The minimum absolute atomic E-state index is 0.118. The third kappa shape index (κ3) is 1.87. The average molecular weight is 343 g/mol. The van der Waals surface area contributed by atoms with Gasteiger partial charge < -0.3 is 15.5 Å². The summed E-state index contributed by atoms with van der Waals surface area (Å²) in [5, 5.41) is 24.0. The van der Waals surface area contributed by atoms with E-state index in [9.17, 15) is 15.0 Å². The maximum Gasteiger partial charge on any atom is 0.221 e. The molecule has 2 atom stereocenters. The zero-order valence-electron chi connectivity index (χ0n) is 14.2. The molecule has 0 radical (unpaired) electrons. The Bertz CT molecular complexity index is 1090. The van der Waals surface area contributed by atoms with Crippen LogP contribution in [-0.2, 0) is 4.79 Å². The molecule has 0 aliphatic heterocycles. The Hall–Kier alpha value is -3.27. The third-order valence-electron chi connectivity index (χ3n) is 5.47. The highest BCUT2D eigenvalue weighted by Gasteiger charge is 2.44. The Balaban J connectivity index is 1.83. The molecule has 1 amide bonds. The first-order valence-corrected chi connectivity index (χ1v) is 8.61. The lowest BCUT2D eigenvalue weighted by Crippen LogP contribution is -2.27. The van der Waals surface area contributed by atoms with E-state index in [4.69, 9.17) is 0 Å². The molecule has 4 heteroatoms. The summed E-state index contributed by atoms with van der Waals surface area (Å²) in [6, 6.07) is 17.2. The van der Waals surface area contributed by atoms with E-state index in [0.717, 1.165) is 39.1 Å². The molecule has 2 unspecified atom stereocenters. The molecule has 0 fully saturated rings. The number of anilines is 1. The first-order chi connectivity index (χ1) is 12.6. The molecule has 0 saturated heterocycles. The van der Waals surface area contributed by atoms with Gasteiger partial charge in [0.1, 0.15) is 11.5 Å². The smallest absolute Gasteiger partial charge is 0.221 e. The number of hydrogen-bond acceptors (Lipinski definition) is 3. The summed E-state index contributed by atoms with van der Waals surface area (Å²) in [5.74, 6) is -0.00864. The van der Waals surface area contributed by atoms with Crippen LogP contribution >= 0.6 is 0 Å². The van der Waals surface area contributed by atoms with Crippen molar-refractivity contribution in [3.05, 3.63) is 88.0 Å². The highest BCUT2D eigenvalue weighted by Crippen LogP contribution is 2.59. The van der Waals surface area contributed by atoms with Crippen molar-refractivity contribution < 1.29 is 15.0 Å². The predicted octanol–water partition coefficient (Wildman–Crippen LogP) is 4.04. The fraction of sp³-hybridized carbons (Fsp3) is 0.136. The average Bonchev–Trinajstić information content (AvgIpc) is 2.63. The van der Waals surface area contributed by atoms with Crippen molar-refractivity contribution in [2.75, 3.05) is 5.32 Å². The lowest BCUT2D eigenvalue weighted by molar-refractivity contribution is -0.114. The van der Waals surface area contributed by atoms with Crippen molar-refractivity contribution in [2.45, 2.75) is 18.8 Å². The van der Waals surface area contributed by atoms with Crippen LogP contribution in [0.15, 0.2) is 54.6 Å². The molecule has 0 spiro atoms. The van der Waals surface area contributed by atoms with Gasteiger partial charge in [-0.15, -0.1) is 0 Å². The molecule has 3 aliphatic carbocycles. The molecule has 2 bridgehead atoms. The molecule has 6 rings (SSSR count). The number of aromatic hydroxyl groups is 2. The van der Waals surface area contributed by atoms with Crippen LogP contribution < -0.4 is 5.32 Å². The van der Waals surface area contributed by atoms with Crippen molar-refractivity contribution >= 4 is 11.6 Å². The number of nitrogens with one attached hydrogen (secondary N) is 1. The van der Waals surface area contributed by atoms with Gasteiger partial charge >= 0.3 is 0 Å². The Morgan fingerprint density at radius 2 is 1.35 bits per heavy atom. The molecular weight excluding hydrogens is 326 g/mol. The van der Waals surface area contributed by atoms with Crippen LogP contribution in [0.3, 0.4) is 0 Å². The van der Waals surface area contributed by atoms with Gasteiger partial charge in [0.25, 0.3) is 0 Å². The fourth-order valence-corrected chi connectivity index (χ4v) is 4.58. The summed E-state index contributed by atoms with van der Waals surface area (Å²) in [5.41, 5.74) is 6.76. The van der Waals surface area contributed by atoms with Gasteiger partial charge in [0.2, 0.25) is 5.91 Å². The van der Waals surface area contributed by atoms with Gasteiger partial charge in [0, 0.05) is 35.6 Å². The number of carbonyl (C=O) groups excluding carboxylic acids is 1. The Morgan fingerprint density at radius 3 is 1.92 bits per heavy atom. The first kappa shape index (κ1) is 15.0. The van der Waals surface area contributed by atoms with Crippen molar-refractivity contribution in [1.29, 1.82) is 0 Å². The van der Waals surface area contributed by atoms with E-state index in [0.29, 0.717) is 0 Å². The minimum Gasteiger partial charge on any atom is -0.508 e. The van der Waals surface area contributed by atoms with Crippen molar-refractivity contribution in [2.24, 2.45) is 0 Å². The summed E-state index contributed by atoms with van der Waals surface area (Å²) in [7, 11) is 0. The van der Waals surface area contributed by atoms with E-state index < -0.39 is 0 Å². The van der Waals surface area contributed by atoms with Crippen LogP contribution in [0, 0.1) is 0 Å². The topological polar surface area (TPSA) is 69.6 Å². The van der Waals surface area contributed by atoms with Crippen LogP contribution in [0.2, 0.25) is 0 Å². The van der Waals surface area contributed by atoms with E-state index in [2.05, 4.69) is 17.4 Å². The molecular formula is C22H17NO3. The van der Waals surface area contributed by atoms with Crippen molar-refractivity contribution in [1.82, 2.24) is 0 Å². The highest BCUT2D eigenvalue weighted by molar-refractivity contribution is 5.89. The van der Waals surface area contributed by atoms with Gasteiger partial charge in [-0.05, 0) is 46.5 Å². The molecule has 3 N–H and O–H groups in total. The maximum absolute atomic E-state index is 11.5. The molecule has 3 aromatic carbocycles. The van der Waals surface area contributed by atoms with E-state index >= 15 is 0 Å². The fourth-order valence-electron chi connectivity index (χ4n) is 4.58. The zero-order valence-corrected chi connectivity index (χ0v) is 14.2. The van der Waals surface area contributed by atoms with Crippen LogP contribution in [0.25, 0.3) is 0 Å². The molecule has 0 aromatic heterocycles. The number of amides is 1. The molecule has 3 aromatic rings. The summed E-state index contributed by atoms with van der Waals surface area (Å²) in [4.78, 5) is 11.5. The van der Waals surface area contributed by atoms with Crippen molar-refractivity contribution in [3.63, 3.8) is 0 Å². The number of carbonyl (C=O) groups is 1. The quantitative estimate of drug-likeness (QED) is 0.402. The van der Waals surface area contributed by atoms with E-state index in [1.54, 1.807) is 12.1 Å². The number of benzene rings is 3. The molecule has 4 nitrogen and oxygen atoms in total. The number of phenolic OH excluding ortho intramolecular Hbond substituents is 2. The molecule has 3 aliphatic rings. The predicted molar refractivity (Wildman–Crippen MR) is 98.8 cm³/mol. The van der Waals surface area contributed by atoms with Crippen LogP contribution in [-0.4, -0.2) is 16.1 Å². The van der Waals surface area contributed by atoms with Gasteiger partial charge in [0.15, 0.2) is 0 Å². The molecule has 26 heavy (non-hydrogen) atoms. The lowest BCUT2D eigenvalue weighted by atomic mass is 9.60. The highest BCUT2D eigenvalue weighted by atomic mass is 16.3. The van der Waals surface area contributed by atoms with Gasteiger partial charge in [-0.2, -0.15) is 0 Å². The van der Waals surface area contributed by atoms with E-state index in [1.807, 2.05) is 30.3 Å². The largest absolute Gasteiger partial charge is 0.508 e. The second kappa shape index (κ2) is 5.11. The third-order valence-corrected chi connectivity index (χ3v) is 5.47. The monoisotopic (exact) mass is 343 g/mol. The molecule has 128 valence electrons. The second-order valence-electron chi connectivity index (χ2n) is 6.95. The minimum atomic E-state index is -0.165. The number of rotatable bonds is 1. The van der Waals surface area contributed by atoms with Gasteiger partial charge in [0.05, 0.1) is 0 Å². The van der Waals surface area contributed by atoms with Gasteiger partial charge in [-0.25, -0.2) is 0 Å². The number of phenols is 2. The normalized spacial score (nSPS) is 18.7. The van der Waals surface area contributed by atoms with E-state index in [-0.39, 0.29) is 29.2 Å². The van der Waals surface area contributed by atoms with Gasteiger partial charge in [-0.3, -0.25) is 4.79 Å².